The molecule has 1 fully saturated rings. The zero-order valence-corrected chi connectivity index (χ0v) is 21.2. The largest absolute Gasteiger partial charge is 0.465 e. The second-order valence-electron chi connectivity index (χ2n) is 9.06. The lowest BCUT2D eigenvalue weighted by molar-refractivity contribution is -0.150. The molecule has 1 aromatic heterocycles. The van der Waals surface area contributed by atoms with E-state index in [0.29, 0.717) is 24.6 Å². The van der Waals surface area contributed by atoms with Gasteiger partial charge in [0, 0.05) is 29.1 Å². The Morgan fingerprint density at radius 3 is 2.55 bits per heavy atom. The standard InChI is InChI=1S/C25H31FN6O6/c1-15(2)24(35)37-12-16(11-33)13-38-31-19-9-32(10-19)25-29-7-18(8-30-25)20-5-3-4-17(23(20)26)14-36-22(34)6-21(27)28/h3-5,7-8,15-16,33H,6,9-14H2,1-2H3,(H3,27,28). The molecular weight excluding hydrogens is 499 g/mol. The highest BCUT2D eigenvalue weighted by Gasteiger charge is 2.25. The molecule has 0 spiro atoms. The van der Waals surface area contributed by atoms with Gasteiger partial charge in [0.25, 0.3) is 0 Å². The molecule has 1 aliphatic heterocycles. The smallest absolute Gasteiger partial charge is 0.313 e. The van der Waals surface area contributed by atoms with Crippen LogP contribution in [0.15, 0.2) is 35.7 Å². The molecular formula is C25H31FN6O6. The summed E-state index contributed by atoms with van der Waals surface area (Å²) in [5, 5.41) is 20.6. The number of halogens is 1. The fraction of sp³-hybridized carbons (Fsp3) is 0.440. The molecule has 3 rings (SSSR count). The maximum atomic E-state index is 15.0. The Kier molecular flexibility index (Phi) is 10.0. The third-order valence-corrected chi connectivity index (χ3v) is 5.48. The highest BCUT2D eigenvalue weighted by atomic mass is 19.1. The monoisotopic (exact) mass is 530 g/mol. The van der Waals surface area contributed by atoms with Gasteiger partial charge in [0.05, 0.1) is 43.9 Å². The van der Waals surface area contributed by atoms with Crippen LogP contribution in [-0.2, 0) is 30.5 Å². The first-order chi connectivity index (χ1) is 18.2. The minimum atomic E-state index is -0.710. The van der Waals surface area contributed by atoms with Crippen molar-refractivity contribution in [1.29, 1.82) is 5.41 Å². The summed E-state index contributed by atoms with van der Waals surface area (Å²) in [7, 11) is 0. The minimum Gasteiger partial charge on any atom is -0.465 e. The molecule has 204 valence electrons. The number of carbonyl (C=O) groups excluding carboxylic acids is 2. The van der Waals surface area contributed by atoms with Crippen LogP contribution < -0.4 is 10.6 Å². The van der Waals surface area contributed by atoms with Crippen LogP contribution >= 0.6 is 0 Å². The first-order valence-electron chi connectivity index (χ1n) is 12.0. The Labute approximate surface area is 219 Å². The number of hydrogen-bond donors (Lipinski definition) is 3. The van der Waals surface area contributed by atoms with Gasteiger partial charge in [-0.15, -0.1) is 0 Å². The molecule has 0 amide bonds. The number of carbonyl (C=O) groups is 2. The quantitative estimate of drug-likeness (QED) is 0.150. The molecule has 1 saturated heterocycles. The van der Waals surface area contributed by atoms with Gasteiger partial charge in [-0.1, -0.05) is 37.2 Å². The van der Waals surface area contributed by atoms with Crippen LogP contribution in [0, 0.1) is 23.1 Å². The molecule has 12 nitrogen and oxygen atoms in total. The summed E-state index contributed by atoms with van der Waals surface area (Å²) in [6.45, 7) is 4.03. The van der Waals surface area contributed by atoms with Gasteiger partial charge in [0.1, 0.15) is 31.3 Å². The van der Waals surface area contributed by atoms with E-state index in [1.54, 1.807) is 26.0 Å². The lowest BCUT2D eigenvalue weighted by Gasteiger charge is -2.32. The molecule has 38 heavy (non-hydrogen) atoms. The molecule has 4 N–H and O–H groups in total. The molecule has 0 bridgehead atoms. The Hall–Kier alpha value is -4.13. The van der Waals surface area contributed by atoms with E-state index in [9.17, 15) is 19.1 Å². The summed E-state index contributed by atoms with van der Waals surface area (Å²) in [5.41, 5.74) is 6.81. The van der Waals surface area contributed by atoms with Crippen molar-refractivity contribution < 1.29 is 33.4 Å². The lowest BCUT2D eigenvalue weighted by Crippen LogP contribution is -2.48. The molecule has 1 atom stereocenters. The Balaban J connectivity index is 1.50. The number of benzene rings is 1. The third kappa shape index (κ3) is 7.93. The number of aromatic nitrogens is 2. The zero-order chi connectivity index (χ0) is 27.7. The van der Waals surface area contributed by atoms with Crippen molar-refractivity contribution in [3.8, 4) is 11.1 Å². The molecule has 0 aliphatic carbocycles. The second kappa shape index (κ2) is 13.4. The number of oxime groups is 1. The molecule has 1 aliphatic rings. The number of hydrogen-bond acceptors (Lipinski definition) is 11. The van der Waals surface area contributed by atoms with Gasteiger partial charge in [-0.25, -0.2) is 14.4 Å². The van der Waals surface area contributed by atoms with Crippen LogP contribution in [0.3, 0.4) is 0 Å². The maximum Gasteiger partial charge on any atom is 0.313 e. The van der Waals surface area contributed by atoms with E-state index in [2.05, 4.69) is 15.1 Å². The minimum absolute atomic E-state index is 0.0548. The van der Waals surface area contributed by atoms with Crippen molar-refractivity contribution in [3.05, 3.63) is 42.0 Å². The number of anilines is 1. The Morgan fingerprint density at radius 1 is 1.21 bits per heavy atom. The summed E-state index contributed by atoms with van der Waals surface area (Å²) < 4.78 is 25.1. The molecule has 1 aromatic carbocycles. The summed E-state index contributed by atoms with van der Waals surface area (Å²) in [6, 6.07) is 4.71. The molecule has 0 saturated carbocycles. The summed E-state index contributed by atoms with van der Waals surface area (Å²) >= 11 is 0. The average Bonchev–Trinajstić information content (AvgIpc) is 2.86. The zero-order valence-electron chi connectivity index (χ0n) is 21.2. The Bertz CT molecular complexity index is 1170. The number of ether oxygens (including phenoxy) is 2. The van der Waals surface area contributed by atoms with Crippen molar-refractivity contribution >= 4 is 29.4 Å². The average molecular weight is 531 g/mol. The van der Waals surface area contributed by atoms with E-state index < -0.39 is 11.8 Å². The van der Waals surface area contributed by atoms with Gasteiger partial charge in [-0.3, -0.25) is 15.0 Å². The van der Waals surface area contributed by atoms with Crippen molar-refractivity contribution in [2.75, 3.05) is 37.8 Å². The molecule has 2 heterocycles. The summed E-state index contributed by atoms with van der Waals surface area (Å²) in [5.74, 6) is -2.11. The van der Waals surface area contributed by atoms with Crippen LogP contribution in [0.2, 0.25) is 0 Å². The van der Waals surface area contributed by atoms with Crippen LogP contribution in [0.4, 0.5) is 10.3 Å². The number of aliphatic hydroxyl groups is 1. The molecule has 2 aromatic rings. The van der Waals surface area contributed by atoms with E-state index in [0.717, 1.165) is 5.71 Å². The molecule has 0 radical (unpaired) electrons. The number of aliphatic hydroxyl groups excluding tert-OH is 1. The highest BCUT2D eigenvalue weighted by Crippen LogP contribution is 2.26. The van der Waals surface area contributed by atoms with E-state index in [1.807, 2.05) is 4.90 Å². The van der Waals surface area contributed by atoms with Gasteiger partial charge >= 0.3 is 11.9 Å². The second-order valence-corrected chi connectivity index (χ2v) is 9.06. The van der Waals surface area contributed by atoms with Gasteiger partial charge < -0.3 is 30.1 Å². The third-order valence-electron chi connectivity index (χ3n) is 5.48. The van der Waals surface area contributed by atoms with Gasteiger partial charge in [-0.05, 0) is 0 Å². The van der Waals surface area contributed by atoms with E-state index in [1.165, 1.54) is 18.5 Å². The van der Waals surface area contributed by atoms with Gasteiger partial charge in [0.2, 0.25) is 5.95 Å². The van der Waals surface area contributed by atoms with Gasteiger partial charge in [-0.2, -0.15) is 0 Å². The van der Waals surface area contributed by atoms with Crippen molar-refractivity contribution in [1.82, 2.24) is 9.97 Å². The Morgan fingerprint density at radius 2 is 1.92 bits per heavy atom. The van der Waals surface area contributed by atoms with E-state index in [-0.39, 0.29) is 67.6 Å². The number of esters is 2. The van der Waals surface area contributed by atoms with Gasteiger partial charge in [0.15, 0.2) is 0 Å². The first-order valence-corrected chi connectivity index (χ1v) is 12.0. The van der Waals surface area contributed by atoms with Crippen LogP contribution in [-0.4, -0.2) is 71.5 Å². The SMILES string of the molecule is CC(C)C(=O)OCC(CO)CON=C1CN(c2ncc(-c3cccc(COC(=O)CC(=N)N)c3F)cn2)C1. The van der Waals surface area contributed by atoms with E-state index >= 15 is 0 Å². The topological polar surface area (TPSA) is 173 Å². The predicted molar refractivity (Wildman–Crippen MR) is 136 cm³/mol. The number of nitrogens with zero attached hydrogens (tertiary/aromatic N) is 4. The van der Waals surface area contributed by atoms with Crippen LogP contribution in [0.25, 0.3) is 11.1 Å². The summed E-state index contributed by atoms with van der Waals surface area (Å²) in [4.78, 5) is 38.9. The van der Waals surface area contributed by atoms with Crippen LogP contribution in [0.1, 0.15) is 25.8 Å². The first kappa shape index (κ1) is 28.4. The number of nitrogens with one attached hydrogen (secondary N) is 1. The van der Waals surface area contributed by atoms with E-state index in [4.69, 9.17) is 25.5 Å². The summed E-state index contributed by atoms with van der Waals surface area (Å²) in [6.07, 6.45) is 2.65. The number of amidine groups is 1. The maximum absolute atomic E-state index is 15.0. The molecule has 1 unspecified atom stereocenters. The number of rotatable bonds is 13. The van der Waals surface area contributed by atoms with Crippen molar-refractivity contribution in [3.63, 3.8) is 0 Å². The van der Waals surface area contributed by atoms with Crippen molar-refractivity contribution in [2.24, 2.45) is 22.7 Å². The van der Waals surface area contributed by atoms with Crippen LogP contribution in [0.5, 0.6) is 0 Å². The number of nitrogens with two attached hydrogens (primary N) is 1. The lowest BCUT2D eigenvalue weighted by atomic mass is 10.1. The normalized spacial score (nSPS) is 13.5. The highest BCUT2D eigenvalue weighted by molar-refractivity contribution is 5.98. The predicted octanol–water partition coefficient (Wildman–Crippen LogP) is 1.65. The molecule has 13 heteroatoms. The fourth-order valence-corrected chi connectivity index (χ4v) is 3.25. The fourth-order valence-electron chi connectivity index (χ4n) is 3.25. The van der Waals surface area contributed by atoms with Crippen molar-refractivity contribution in [2.45, 2.75) is 26.9 Å².